The zero-order valence-electron chi connectivity index (χ0n) is 12.8. The van der Waals surface area contributed by atoms with Crippen LogP contribution in [0.25, 0.3) is 0 Å². The lowest BCUT2D eigenvalue weighted by molar-refractivity contribution is -0.150. The second kappa shape index (κ2) is 7.62. The molecule has 1 N–H and O–H groups in total. The van der Waals surface area contributed by atoms with E-state index in [2.05, 4.69) is 0 Å². The van der Waals surface area contributed by atoms with Crippen LogP contribution in [0.4, 0.5) is 4.79 Å². The van der Waals surface area contributed by atoms with Gasteiger partial charge in [-0.2, -0.15) is 0 Å². The summed E-state index contributed by atoms with van der Waals surface area (Å²) in [6.45, 7) is 1.83. The number of carboxylic acids is 1. The number of likely N-dealkylation sites (tertiary alicyclic amines) is 1. The molecule has 0 aromatic heterocycles. The number of ether oxygens (including phenoxy) is 2. The largest absolute Gasteiger partial charge is 0.480 e. The number of aliphatic carboxylic acids is 1. The number of hydrogen-bond acceptors (Lipinski definition) is 5. The van der Waals surface area contributed by atoms with E-state index in [4.69, 9.17) is 9.47 Å². The summed E-state index contributed by atoms with van der Waals surface area (Å²) in [5.41, 5.74) is 0.777. The lowest BCUT2D eigenvalue weighted by Crippen LogP contribution is -2.48. The molecule has 23 heavy (non-hydrogen) atoms. The molecule has 1 aromatic rings. The Labute approximate surface area is 133 Å². The molecule has 1 amide bonds. The van der Waals surface area contributed by atoms with E-state index in [0.29, 0.717) is 0 Å². The molecule has 0 bridgehead atoms. The molecule has 1 fully saturated rings. The number of carbonyl (C=O) groups excluding carboxylic acids is 2. The van der Waals surface area contributed by atoms with Gasteiger partial charge in [-0.05, 0) is 25.3 Å². The Morgan fingerprint density at radius 3 is 2.39 bits per heavy atom. The molecule has 124 valence electrons. The van der Waals surface area contributed by atoms with Gasteiger partial charge in [0.25, 0.3) is 0 Å². The smallest absolute Gasteiger partial charge is 0.411 e. The van der Waals surface area contributed by atoms with Gasteiger partial charge >= 0.3 is 18.0 Å². The average Bonchev–Trinajstić information content (AvgIpc) is 2.99. The monoisotopic (exact) mass is 321 g/mol. The van der Waals surface area contributed by atoms with E-state index in [-0.39, 0.29) is 26.1 Å². The van der Waals surface area contributed by atoms with Gasteiger partial charge in [-0.1, -0.05) is 30.3 Å². The maximum absolute atomic E-state index is 12.3. The number of carboxylic acid groups (broad SMARTS) is 1. The van der Waals surface area contributed by atoms with Crippen molar-refractivity contribution < 1.29 is 29.0 Å². The van der Waals surface area contributed by atoms with Gasteiger partial charge in [0.15, 0.2) is 0 Å². The Kier molecular flexibility index (Phi) is 5.56. The van der Waals surface area contributed by atoms with Crippen molar-refractivity contribution in [1.29, 1.82) is 0 Å². The molecule has 2 rings (SSSR count). The number of nitrogens with zero attached hydrogens (tertiary/aromatic N) is 1. The highest BCUT2D eigenvalue weighted by Gasteiger charge is 2.46. The van der Waals surface area contributed by atoms with Crippen LogP contribution in [-0.4, -0.2) is 46.7 Å². The average molecular weight is 321 g/mol. The van der Waals surface area contributed by atoms with Crippen molar-refractivity contribution in [2.24, 2.45) is 0 Å². The first-order chi connectivity index (χ1) is 11.0. The van der Waals surface area contributed by atoms with Crippen molar-refractivity contribution in [2.45, 2.75) is 38.5 Å². The minimum Gasteiger partial charge on any atom is -0.480 e. The second-order valence-corrected chi connectivity index (χ2v) is 5.15. The van der Waals surface area contributed by atoms with Crippen LogP contribution in [-0.2, 0) is 25.7 Å². The van der Waals surface area contributed by atoms with Gasteiger partial charge in [0.05, 0.1) is 6.61 Å². The fourth-order valence-electron chi connectivity index (χ4n) is 2.57. The number of benzene rings is 1. The van der Waals surface area contributed by atoms with E-state index in [1.54, 1.807) is 31.2 Å². The van der Waals surface area contributed by atoms with Crippen LogP contribution in [0.3, 0.4) is 0 Å². The first-order valence-corrected chi connectivity index (χ1v) is 7.43. The summed E-state index contributed by atoms with van der Waals surface area (Å²) in [6.07, 6.45) is -0.382. The van der Waals surface area contributed by atoms with Crippen LogP contribution < -0.4 is 0 Å². The van der Waals surface area contributed by atoms with Crippen LogP contribution >= 0.6 is 0 Å². The third-order valence-electron chi connectivity index (χ3n) is 3.64. The van der Waals surface area contributed by atoms with Crippen molar-refractivity contribution >= 4 is 18.0 Å². The van der Waals surface area contributed by atoms with Crippen LogP contribution in [0, 0.1) is 0 Å². The number of esters is 1. The molecule has 2 atom stereocenters. The van der Waals surface area contributed by atoms with E-state index >= 15 is 0 Å². The van der Waals surface area contributed by atoms with Crippen molar-refractivity contribution in [2.75, 3.05) is 6.61 Å². The van der Waals surface area contributed by atoms with Gasteiger partial charge in [0.2, 0.25) is 0 Å². The molecule has 1 aliphatic heterocycles. The highest BCUT2D eigenvalue weighted by molar-refractivity contribution is 5.87. The SMILES string of the molecule is CCOC(=O)[C@@H]1CC[C@H](C(=O)O)N1C(=O)OCc1ccccc1. The summed E-state index contributed by atoms with van der Waals surface area (Å²) in [5.74, 6) is -1.76. The Bertz CT molecular complexity index is 573. The van der Waals surface area contributed by atoms with Gasteiger partial charge in [0.1, 0.15) is 18.7 Å². The lowest BCUT2D eigenvalue weighted by atomic mass is 10.2. The highest BCUT2D eigenvalue weighted by Crippen LogP contribution is 2.26. The predicted octanol–water partition coefficient (Wildman–Crippen LogP) is 1.80. The molecule has 1 saturated heterocycles. The molecule has 7 heteroatoms. The highest BCUT2D eigenvalue weighted by atomic mass is 16.6. The van der Waals surface area contributed by atoms with Gasteiger partial charge in [-0.15, -0.1) is 0 Å². The number of carbonyl (C=O) groups is 3. The second-order valence-electron chi connectivity index (χ2n) is 5.15. The van der Waals surface area contributed by atoms with E-state index in [0.717, 1.165) is 10.5 Å². The van der Waals surface area contributed by atoms with Gasteiger partial charge < -0.3 is 14.6 Å². The summed E-state index contributed by atoms with van der Waals surface area (Å²) in [7, 11) is 0. The molecule has 1 aromatic carbocycles. The maximum atomic E-state index is 12.3. The Hall–Kier alpha value is -2.57. The zero-order valence-corrected chi connectivity index (χ0v) is 12.8. The first kappa shape index (κ1) is 16.8. The summed E-state index contributed by atoms with van der Waals surface area (Å²) in [4.78, 5) is 36.5. The van der Waals surface area contributed by atoms with Crippen LogP contribution in [0.1, 0.15) is 25.3 Å². The summed E-state index contributed by atoms with van der Waals surface area (Å²) in [5, 5.41) is 9.25. The minimum absolute atomic E-state index is 0.0120. The maximum Gasteiger partial charge on any atom is 0.411 e. The molecular formula is C16H19NO6. The van der Waals surface area contributed by atoms with Crippen molar-refractivity contribution in [3.8, 4) is 0 Å². The van der Waals surface area contributed by atoms with E-state index in [1.165, 1.54) is 0 Å². The number of rotatable bonds is 5. The predicted molar refractivity (Wildman–Crippen MR) is 79.5 cm³/mol. The third-order valence-corrected chi connectivity index (χ3v) is 3.64. The Morgan fingerprint density at radius 1 is 1.13 bits per heavy atom. The van der Waals surface area contributed by atoms with Gasteiger partial charge in [0, 0.05) is 0 Å². The molecule has 1 aliphatic rings. The van der Waals surface area contributed by atoms with Gasteiger partial charge in [-0.3, -0.25) is 4.90 Å². The van der Waals surface area contributed by atoms with Gasteiger partial charge in [-0.25, -0.2) is 14.4 Å². The normalized spacial score (nSPS) is 20.1. The minimum atomic E-state index is -1.16. The van der Waals surface area contributed by atoms with E-state index in [9.17, 15) is 19.5 Å². The molecule has 0 aliphatic carbocycles. The lowest BCUT2D eigenvalue weighted by Gasteiger charge is -2.26. The van der Waals surface area contributed by atoms with Crippen molar-refractivity contribution in [3.05, 3.63) is 35.9 Å². The van der Waals surface area contributed by atoms with Crippen LogP contribution in [0.2, 0.25) is 0 Å². The first-order valence-electron chi connectivity index (χ1n) is 7.43. The fraction of sp³-hybridized carbons (Fsp3) is 0.438. The van der Waals surface area contributed by atoms with Crippen LogP contribution in [0.5, 0.6) is 0 Å². The number of amides is 1. The topological polar surface area (TPSA) is 93.1 Å². The van der Waals surface area contributed by atoms with Crippen LogP contribution in [0.15, 0.2) is 30.3 Å². The molecule has 0 unspecified atom stereocenters. The fourth-order valence-corrected chi connectivity index (χ4v) is 2.57. The summed E-state index contributed by atoms with van der Waals surface area (Å²) in [6, 6.07) is 7.03. The zero-order chi connectivity index (χ0) is 16.8. The van der Waals surface area contributed by atoms with Crippen molar-refractivity contribution in [3.63, 3.8) is 0 Å². The van der Waals surface area contributed by atoms with E-state index in [1.807, 2.05) is 6.07 Å². The van der Waals surface area contributed by atoms with Crippen molar-refractivity contribution in [1.82, 2.24) is 4.90 Å². The molecule has 0 saturated carbocycles. The summed E-state index contributed by atoms with van der Waals surface area (Å²) < 4.78 is 10.1. The molecule has 0 spiro atoms. The van der Waals surface area contributed by atoms with E-state index < -0.39 is 30.1 Å². The summed E-state index contributed by atoms with van der Waals surface area (Å²) >= 11 is 0. The standard InChI is InChI=1S/C16H19NO6/c1-2-22-15(20)13-9-8-12(14(18)19)17(13)16(21)23-10-11-6-4-3-5-7-11/h3-7,12-13H,2,8-10H2,1H3,(H,18,19)/t12-,13+/m1/s1. The quantitative estimate of drug-likeness (QED) is 0.831. The number of hydrogen-bond donors (Lipinski definition) is 1. The molecule has 1 heterocycles. The Morgan fingerprint density at radius 2 is 1.78 bits per heavy atom. The Balaban J connectivity index is 2.08. The molecule has 0 radical (unpaired) electrons. The third kappa shape index (κ3) is 4.00. The molecule has 7 nitrogen and oxygen atoms in total. The molecular weight excluding hydrogens is 302 g/mol.